The van der Waals surface area contributed by atoms with Gasteiger partial charge >= 0.3 is 11.9 Å². The SMILES string of the molecule is C[C@]1(OC(=O)C(=O)OC2CCCCC2)C[C@H]2CC[C@@H]1C2. The Bertz CT molecular complexity index is 399. The molecule has 0 aromatic heterocycles. The first-order chi connectivity index (χ1) is 9.57. The van der Waals surface area contributed by atoms with E-state index in [0.29, 0.717) is 11.8 Å². The predicted octanol–water partition coefficient (Wildman–Crippen LogP) is 2.98. The topological polar surface area (TPSA) is 52.6 Å². The predicted molar refractivity (Wildman–Crippen MR) is 72.9 cm³/mol. The summed E-state index contributed by atoms with van der Waals surface area (Å²) in [5.41, 5.74) is -0.439. The number of rotatable bonds is 2. The lowest BCUT2D eigenvalue weighted by molar-refractivity contribution is -0.183. The van der Waals surface area contributed by atoms with Crippen molar-refractivity contribution in [3.63, 3.8) is 0 Å². The molecule has 3 aliphatic carbocycles. The number of carbonyl (C=O) groups is 2. The highest BCUT2D eigenvalue weighted by molar-refractivity contribution is 6.29. The van der Waals surface area contributed by atoms with Crippen LogP contribution in [0.15, 0.2) is 0 Å². The number of hydrogen-bond acceptors (Lipinski definition) is 4. The van der Waals surface area contributed by atoms with Gasteiger partial charge in [0.2, 0.25) is 0 Å². The minimum absolute atomic E-state index is 0.0864. The molecule has 4 nitrogen and oxygen atoms in total. The fraction of sp³-hybridized carbons (Fsp3) is 0.875. The number of carbonyl (C=O) groups excluding carboxylic acids is 2. The molecule has 3 rings (SSSR count). The minimum atomic E-state index is -0.791. The maximum Gasteiger partial charge on any atom is 0.418 e. The Morgan fingerprint density at radius 1 is 1.00 bits per heavy atom. The molecule has 0 aliphatic heterocycles. The van der Waals surface area contributed by atoms with Gasteiger partial charge in [-0.2, -0.15) is 0 Å². The van der Waals surface area contributed by atoms with Crippen LogP contribution in [0.5, 0.6) is 0 Å². The van der Waals surface area contributed by atoms with E-state index in [1.807, 2.05) is 6.92 Å². The highest BCUT2D eigenvalue weighted by atomic mass is 16.6. The molecule has 0 spiro atoms. The third-order valence-electron chi connectivity index (χ3n) is 5.42. The lowest BCUT2D eigenvalue weighted by atomic mass is 9.86. The van der Waals surface area contributed by atoms with Crippen molar-refractivity contribution in [2.45, 2.75) is 76.4 Å². The first-order valence-corrected chi connectivity index (χ1v) is 8.01. The summed E-state index contributed by atoms with van der Waals surface area (Å²) >= 11 is 0. The quantitative estimate of drug-likeness (QED) is 0.576. The van der Waals surface area contributed by atoms with Crippen LogP contribution in [0.1, 0.15) is 64.7 Å². The van der Waals surface area contributed by atoms with E-state index >= 15 is 0 Å². The largest absolute Gasteiger partial charge is 0.454 e. The Balaban J connectivity index is 1.52. The second kappa shape index (κ2) is 5.38. The number of hydrogen-bond donors (Lipinski definition) is 0. The van der Waals surface area contributed by atoms with E-state index in [-0.39, 0.29) is 6.10 Å². The first kappa shape index (κ1) is 13.9. The molecular weight excluding hydrogens is 256 g/mol. The smallest absolute Gasteiger partial charge is 0.418 e. The van der Waals surface area contributed by atoms with Gasteiger partial charge in [-0.05, 0) is 70.1 Å². The monoisotopic (exact) mass is 280 g/mol. The van der Waals surface area contributed by atoms with Crippen molar-refractivity contribution in [2.24, 2.45) is 11.8 Å². The first-order valence-electron chi connectivity index (χ1n) is 8.01. The highest BCUT2D eigenvalue weighted by Gasteiger charge is 2.51. The lowest BCUT2D eigenvalue weighted by Crippen LogP contribution is -2.40. The third-order valence-corrected chi connectivity index (χ3v) is 5.42. The van der Waals surface area contributed by atoms with Crippen LogP contribution in [0, 0.1) is 11.8 Å². The molecule has 0 heterocycles. The average Bonchev–Trinajstić information content (AvgIpc) is 2.99. The van der Waals surface area contributed by atoms with Crippen LogP contribution in [0.3, 0.4) is 0 Å². The van der Waals surface area contributed by atoms with Crippen molar-refractivity contribution >= 4 is 11.9 Å². The average molecular weight is 280 g/mol. The van der Waals surface area contributed by atoms with E-state index in [9.17, 15) is 9.59 Å². The van der Waals surface area contributed by atoms with Gasteiger partial charge in [-0.15, -0.1) is 0 Å². The molecule has 0 aromatic carbocycles. The number of esters is 2. The van der Waals surface area contributed by atoms with Crippen LogP contribution < -0.4 is 0 Å². The number of ether oxygens (including phenoxy) is 2. The van der Waals surface area contributed by atoms with Gasteiger partial charge in [0.1, 0.15) is 11.7 Å². The summed E-state index contributed by atoms with van der Waals surface area (Å²) in [5.74, 6) is -0.474. The maximum atomic E-state index is 12.0. The van der Waals surface area contributed by atoms with Gasteiger partial charge in [-0.3, -0.25) is 0 Å². The van der Waals surface area contributed by atoms with Crippen LogP contribution in [-0.4, -0.2) is 23.6 Å². The van der Waals surface area contributed by atoms with Crippen molar-refractivity contribution < 1.29 is 19.1 Å². The summed E-state index contributed by atoms with van der Waals surface area (Å²) in [4.78, 5) is 23.8. The summed E-state index contributed by atoms with van der Waals surface area (Å²) in [5, 5.41) is 0. The number of fused-ring (bicyclic) bond motifs is 2. The van der Waals surface area contributed by atoms with Crippen molar-refractivity contribution in [1.29, 1.82) is 0 Å². The molecule has 0 saturated heterocycles. The summed E-state index contributed by atoms with van der Waals surface area (Å²) in [6.07, 6.45) is 9.42. The Hall–Kier alpha value is -1.06. The molecule has 0 radical (unpaired) electrons. The van der Waals surface area contributed by atoms with Crippen LogP contribution in [0.2, 0.25) is 0 Å². The Kier molecular flexibility index (Phi) is 3.74. The molecule has 3 fully saturated rings. The van der Waals surface area contributed by atoms with Gasteiger partial charge in [0, 0.05) is 0 Å². The molecule has 2 bridgehead atoms. The van der Waals surface area contributed by atoms with E-state index in [0.717, 1.165) is 44.9 Å². The minimum Gasteiger partial charge on any atom is -0.454 e. The van der Waals surface area contributed by atoms with Gasteiger partial charge in [0.25, 0.3) is 0 Å². The molecule has 112 valence electrons. The van der Waals surface area contributed by atoms with Crippen molar-refractivity contribution in [3.05, 3.63) is 0 Å². The molecule has 4 heteroatoms. The molecule has 0 N–H and O–H groups in total. The van der Waals surface area contributed by atoms with Crippen LogP contribution in [0.25, 0.3) is 0 Å². The second-order valence-electron chi connectivity index (χ2n) is 6.95. The lowest BCUT2D eigenvalue weighted by Gasteiger charge is -2.33. The molecule has 0 aromatic rings. The summed E-state index contributed by atoms with van der Waals surface area (Å²) in [7, 11) is 0. The van der Waals surface area contributed by atoms with Gasteiger partial charge in [-0.25, -0.2) is 9.59 Å². The molecule has 3 aliphatic rings. The summed E-state index contributed by atoms with van der Waals surface area (Å²) in [6, 6.07) is 0. The zero-order valence-corrected chi connectivity index (χ0v) is 12.2. The van der Waals surface area contributed by atoms with Gasteiger partial charge in [0.05, 0.1) is 0 Å². The second-order valence-corrected chi connectivity index (χ2v) is 6.95. The molecule has 0 unspecified atom stereocenters. The highest BCUT2D eigenvalue weighted by Crippen LogP contribution is 2.52. The molecule has 3 atom stereocenters. The molecule has 3 saturated carbocycles. The van der Waals surface area contributed by atoms with Gasteiger partial charge in [0.15, 0.2) is 0 Å². The van der Waals surface area contributed by atoms with Crippen molar-refractivity contribution in [2.75, 3.05) is 0 Å². The van der Waals surface area contributed by atoms with Crippen molar-refractivity contribution in [3.8, 4) is 0 Å². The van der Waals surface area contributed by atoms with Crippen molar-refractivity contribution in [1.82, 2.24) is 0 Å². The Labute approximate surface area is 120 Å². The van der Waals surface area contributed by atoms with E-state index in [1.54, 1.807) is 0 Å². The third kappa shape index (κ3) is 2.70. The Morgan fingerprint density at radius 2 is 1.75 bits per heavy atom. The van der Waals surface area contributed by atoms with E-state index in [1.165, 1.54) is 12.8 Å². The fourth-order valence-corrected chi connectivity index (χ4v) is 4.32. The van der Waals surface area contributed by atoms with Crippen LogP contribution >= 0.6 is 0 Å². The van der Waals surface area contributed by atoms with E-state index in [4.69, 9.17) is 9.47 Å². The fourth-order valence-electron chi connectivity index (χ4n) is 4.32. The van der Waals surface area contributed by atoms with Crippen LogP contribution in [0.4, 0.5) is 0 Å². The standard InChI is InChI=1S/C16H24O4/c1-16(10-11-7-8-12(16)9-11)20-15(18)14(17)19-13-5-3-2-4-6-13/h11-13H,2-10H2,1H3/t11-,12+,16-/m0/s1. The van der Waals surface area contributed by atoms with Gasteiger partial charge < -0.3 is 9.47 Å². The molecule has 20 heavy (non-hydrogen) atoms. The van der Waals surface area contributed by atoms with Crippen LogP contribution in [-0.2, 0) is 19.1 Å². The molecular formula is C16H24O4. The zero-order valence-electron chi connectivity index (χ0n) is 12.2. The van der Waals surface area contributed by atoms with E-state index < -0.39 is 17.5 Å². The summed E-state index contributed by atoms with van der Waals surface area (Å²) in [6.45, 7) is 1.97. The normalized spacial score (nSPS) is 36.9. The van der Waals surface area contributed by atoms with Gasteiger partial charge in [-0.1, -0.05) is 6.42 Å². The maximum absolute atomic E-state index is 12.0. The van der Waals surface area contributed by atoms with E-state index in [2.05, 4.69) is 0 Å². The summed E-state index contributed by atoms with van der Waals surface area (Å²) < 4.78 is 10.8. The molecule has 0 amide bonds. The zero-order chi connectivity index (χ0) is 14.2. The Morgan fingerprint density at radius 3 is 2.35 bits per heavy atom.